The number of amides is 3. The van der Waals surface area contributed by atoms with Crippen LogP contribution in [0.25, 0.3) is 56.0 Å². The van der Waals surface area contributed by atoms with Crippen LogP contribution < -0.4 is 14.9 Å². The number of nitrogens with one attached hydrogen (secondary N) is 2. The first-order chi connectivity index (χ1) is 26.5. The fourth-order valence-electron chi connectivity index (χ4n) is 6.71. The molecular weight excluding hydrogens is 742 g/mol. The van der Waals surface area contributed by atoms with Crippen LogP contribution in [0, 0.1) is 5.82 Å². The minimum absolute atomic E-state index is 0.198. The standard InChI is InChI=1S/C41H40FN5O8S/c1-41(2,3)55-40(50)47-18-8-11-31(47)37(48)44-27-16-17-30-34(20-27)54-39(45-30)25-10-7-9-24(19-25)28-21-29-33(22-32(28)46(5)56(6,51)52)53-36(35(29)38(49)43-4)23-12-14-26(42)15-13-23/h7,9-10,12-17,19-22,31H,8,11,18H2,1-6H3,(H,43,49)(H,44,48). The second kappa shape index (κ2) is 14.5. The van der Waals surface area contributed by atoms with E-state index in [0.717, 1.165) is 10.6 Å². The van der Waals surface area contributed by atoms with Crippen molar-refractivity contribution in [3.8, 4) is 33.9 Å². The Labute approximate surface area is 322 Å². The Hall–Kier alpha value is -6.22. The molecule has 2 N–H and O–H groups in total. The molecule has 1 unspecified atom stereocenters. The number of furan rings is 1. The summed E-state index contributed by atoms with van der Waals surface area (Å²) < 4.78 is 58.6. The van der Waals surface area contributed by atoms with Crippen molar-refractivity contribution in [1.29, 1.82) is 0 Å². The Morgan fingerprint density at radius 3 is 2.38 bits per heavy atom. The molecule has 6 aromatic rings. The predicted octanol–water partition coefficient (Wildman–Crippen LogP) is 7.81. The molecule has 2 aromatic heterocycles. The molecule has 0 saturated carbocycles. The zero-order chi connectivity index (χ0) is 40.1. The van der Waals surface area contributed by atoms with Crippen molar-refractivity contribution >= 4 is 61.4 Å². The number of sulfonamides is 1. The van der Waals surface area contributed by atoms with E-state index in [9.17, 15) is 27.2 Å². The van der Waals surface area contributed by atoms with Gasteiger partial charge in [-0.15, -0.1) is 0 Å². The fourth-order valence-corrected chi connectivity index (χ4v) is 7.22. The summed E-state index contributed by atoms with van der Waals surface area (Å²) >= 11 is 0. The van der Waals surface area contributed by atoms with Crippen LogP contribution in [0.2, 0.25) is 0 Å². The van der Waals surface area contributed by atoms with Gasteiger partial charge in [-0.05, 0) is 93.8 Å². The smallest absolute Gasteiger partial charge is 0.410 e. The summed E-state index contributed by atoms with van der Waals surface area (Å²) in [7, 11) is -0.857. The number of ether oxygens (including phenoxy) is 1. The van der Waals surface area contributed by atoms with Crippen molar-refractivity contribution in [1.82, 2.24) is 15.2 Å². The number of halogens is 1. The molecule has 1 aliphatic rings. The summed E-state index contributed by atoms with van der Waals surface area (Å²) in [5.41, 5.74) is 3.53. The maximum Gasteiger partial charge on any atom is 0.410 e. The van der Waals surface area contributed by atoms with Gasteiger partial charge in [-0.3, -0.25) is 18.8 Å². The van der Waals surface area contributed by atoms with Gasteiger partial charge in [0.15, 0.2) is 5.58 Å². The molecule has 1 aliphatic heterocycles. The fraction of sp³-hybridized carbons (Fsp3) is 0.268. The lowest BCUT2D eigenvalue weighted by atomic mass is 9.97. The highest BCUT2D eigenvalue weighted by Crippen LogP contribution is 2.42. The second-order valence-electron chi connectivity index (χ2n) is 14.6. The molecule has 13 nitrogen and oxygen atoms in total. The van der Waals surface area contributed by atoms with Gasteiger partial charge in [0.2, 0.25) is 21.8 Å². The summed E-state index contributed by atoms with van der Waals surface area (Å²) in [6, 6.07) is 20.3. The van der Waals surface area contributed by atoms with Crippen molar-refractivity contribution < 1.29 is 40.8 Å². The minimum atomic E-state index is -3.76. The average molecular weight is 782 g/mol. The summed E-state index contributed by atoms with van der Waals surface area (Å²) in [5.74, 6) is -0.774. The highest BCUT2D eigenvalue weighted by molar-refractivity contribution is 7.92. The zero-order valence-electron chi connectivity index (χ0n) is 31.6. The van der Waals surface area contributed by atoms with E-state index in [-0.39, 0.29) is 34.4 Å². The number of rotatable bonds is 8. The van der Waals surface area contributed by atoms with Gasteiger partial charge in [0.25, 0.3) is 5.91 Å². The molecule has 1 saturated heterocycles. The van der Waals surface area contributed by atoms with E-state index in [0.29, 0.717) is 63.8 Å². The van der Waals surface area contributed by atoms with E-state index in [4.69, 9.17) is 13.6 Å². The quantitative estimate of drug-likeness (QED) is 0.157. The molecule has 0 spiro atoms. The first kappa shape index (κ1) is 38.1. The summed E-state index contributed by atoms with van der Waals surface area (Å²) in [6.07, 6.45) is 1.73. The molecule has 56 heavy (non-hydrogen) atoms. The number of carbonyl (C=O) groups excluding carboxylic acids is 3. The Kier molecular flexibility index (Phi) is 9.83. The van der Waals surface area contributed by atoms with Crippen LogP contribution in [0.3, 0.4) is 0 Å². The third-order valence-corrected chi connectivity index (χ3v) is 10.7. The van der Waals surface area contributed by atoms with Gasteiger partial charge in [0.05, 0.1) is 17.5 Å². The monoisotopic (exact) mass is 781 g/mol. The molecule has 0 bridgehead atoms. The molecule has 0 aliphatic carbocycles. The largest absolute Gasteiger partial charge is 0.455 e. The Morgan fingerprint density at radius 1 is 0.946 bits per heavy atom. The third kappa shape index (κ3) is 7.54. The van der Waals surface area contributed by atoms with Gasteiger partial charge < -0.3 is 24.2 Å². The van der Waals surface area contributed by atoms with E-state index < -0.39 is 39.5 Å². The average Bonchev–Trinajstić information content (AvgIpc) is 3.90. The van der Waals surface area contributed by atoms with E-state index >= 15 is 0 Å². The van der Waals surface area contributed by atoms with Crippen LogP contribution in [0.4, 0.5) is 20.6 Å². The van der Waals surface area contributed by atoms with Crippen molar-refractivity contribution in [2.24, 2.45) is 0 Å². The van der Waals surface area contributed by atoms with Gasteiger partial charge in [0, 0.05) is 60.5 Å². The van der Waals surface area contributed by atoms with Crippen LogP contribution in [-0.4, -0.2) is 74.7 Å². The van der Waals surface area contributed by atoms with Crippen LogP contribution in [-0.2, 0) is 19.6 Å². The molecule has 1 fully saturated rings. The number of hydrogen-bond donors (Lipinski definition) is 2. The predicted molar refractivity (Wildman–Crippen MR) is 211 cm³/mol. The number of fused-ring (bicyclic) bond motifs is 2. The molecule has 3 amide bonds. The number of benzene rings is 4. The molecule has 1 atom stereocenters. The highest BCUT2D eigenvalue weighted by atomic mass is 32.2. The van der Waals surface area contributed by atoms with E-state index in [1.807, 2.05) is 0 Å². The van der Waals surface area contributed by atoms with Gasteiger partial charge in [-0.1, -0.05) is 12.1 Å². The van der Waals surface area contributed by atoms with E-state index in [2.05, 4.69) is 15.6 Å². The van der Waals surface area contributed by atoms with Crippen LogP contribution >= 0.6 is 0 Å². The Bertz CT molecular complexity index is 2630. The number of carbonyl (C=O) groups is 3. The number of anilines is 2. The second-order valence-corrected chi connectivity index (χ2v) is 16.6. The number of aromatic nitrogens is 1. The maximum atomic E-state index is 13.8. The SMILES string of the molecule is CNC(=O)c1c(-c2ccc(F)cc2)oc2cc(N(C)S(C)(=O)=O)c(-c3cccc(-c4nc5ccc(NC(=O)C6CCCN6C(=O)OC(C)(C)C)cc5o4)c3)cc12. The third-order valence-electron chi connectivity index (χ3n) is 9.46. The van der Waals surface area contributed by atoms with Crippen LogP contribution in [0.1, 0.15) is 44.0 Å². The summed E-state index contributed by atoms with van der Waals surface area (Å²) in [5, 5.41) is 5.95. The van der Waals surface area contributed by atoms with E-state index in [1.165, 1.54) is 43.3 Å². The molecule has 15 heteroatoms. The lowest BCUT2D eigenvalue weighted by Crippen LogP contribution is -2.45. The van der Waals surface area contributed by atoms with Crippen molar-refractivity contribution in [2.75, 3.05) is 36.5 Å². The molecule has 290 valence electrons. The molecule has 4 aromatic carbocycles. The van der Waals surface area contributed by atoms with Gasteiger partial charge >= 0.3 is 6.09 Å². The molecule has 7 rings (SSSR count). The van der Waals surface area contributed by atoms with E-state index in [1.54, 1.807) is 75.4 Å². The lowest BCUT2D eigenvalue weighted by molar-refractivity contribution is -0.120. The Morgan fingerprint density at radius 2 is 1.68 bits per heavy atom. The zero-order valence-corrected chi connectivity index (χ0v) is 32.4. The molecule has 3 heterocycles. The number of nitrogens with zero attached hydrogens (tertiary/aromatic N) is 3. The molecule has 0 radical (unpaired) electrons. The first-order valence-corrected chi connectivity index (χ1v) is 19.7. The minimum Gasteiger partial charge on any atom is -0.455 e. The first-order valence-electron chi connectivity index (χ1n) is 17.8. The van der Waals surface area contributed by atoms with Crippen molar-refractivity contribution in [2.45, 2.75) is 45.3 Å². The normalized spacial score (nSPS) is 14.6. The van der Waals surface area contributed by atoms with Gasteiger partial charge in [0.1, 0.15) is 34.3 Å². The lowest BCUT2D eigenvalue weighted by Gasteiger charge is -2.28. The maximum absolute atomic E-state index is 13.8. The molecular formula is C41H40FN5O8S. The number of oxazole rings is 1. The topological polar surface area (TPSA) is 164 Å². The van der Waals surface area contributed by atoms with Crippen molar-refractivity contribution in [3.63, 3.8) is 0 Å². The highest BCUT2D eigenvalue weighted by Gasteiger charge is 2.37. The van der Waals surface area contributed by atoms with Crippen LogP contribution in [0.5, 0.6) is 0 Å². The Balaban J connectivity index is 1.24. The summed E-state index contributed by atoms with van der Waals surface area (Å²) in [6.45, 7) is 5.75. The number of likely N-dealkylation sites (tertiary alicyclic amines) is 1. The van der Waals surface area contributed by atoms with Crippen LogP contribution in [0.15, 0.2) is 87.7 Å². The van der Waals surface area contributed by atoms with Crippen molar-refractivity contribution in [3.05, 3.63) is 90.2 Å². The summed E-state index contributed by atoms with van der Waals surface area (Å²) in [4.78, 5) is 45.5. The van der Waals surface area contributed by atoms with Gasteiger partial charge in [-0.2, -0.15) is 0 Å². The number of hydrogen-bond acceptors (Lipinski definition) is 9. The van der Waals surface area contributed by atoms with Gasteiger partial charge in [-0.25, -0.2) is 22.6 Å².